The summed E-state index contributed by atoms with van der Waals surface area (Å²) in [4.78, 5) is 73.0. The number of unbranched alkanes of at least 4 members (excludes halogenated alkanes) is 28. The van der Waals surface area contributed by atoms with Crippen molar-refractivity contribution >= 4 is 39.5 Å². The fraction of sp³-hybridized carbons (Fsp3) is 0.694. The SMILES string of the molecule is CC/C=C\C/C=C\C/C=C\C/C=C\C/C=C\CC(=O)OCC(COP(=O)(O)OCC(O)COP(=O)(O)OCC(COC(=O)CCCCCCCC/C=C\C/C=C\C/C=C\CCCCC)OC(=O)CCCCCCCCC/C=C\C/C=C\C/C=C\CC)OC(=O)CCCCCCCCCCCCCCC. The molecule has 0 bridgehead atoms. The fourth-order valence-electron chi connectivity index (χ4n) is 10.6. The molecule has 5 atom stereocenters. The summed E-state index contributed by atoms with van der Waals surface area (Å²) in [6.07, 6.45) is 86.0. The Morgan fingerprint density at radius 3 is 0.875 bits per heavy atom. The molecule has 0 aromatic heterocycles. The number of esters is 4. The first kappa shape index (κ1) is 99.2. The number of phosphoric acid groups is 2. The zero-order chi connectivity index (χ0) is 76.0. The Balaban J connectivity index is 5.42. The molecule has 0 saturated carbocycles. The number of carbonyl (C=O) groups excluding carboxylic acids is 4. The largest absolute Gasteiger partial charge is 0.472 e. The van der Waals surface area contributed by atoms with Gasteiger partial charge >= 0.3 is 39.5 Å². The Labute approximate surface area is 631 Å². The number of hydrogen-bond acceptors (Lipinski definition) is 15. The van der Waals surface area contributed by atoms with E-state index in [1.165, 1.54) is 70.6 Å². The van der Waals surface area contributed by atoms with Gasteiger partial charge in [-0.3, -0.25) is 37.3 Å². The van der Waals surface area contributed by atoms with E-state index in [9.17, 15) is 43.2 Å². The predicted octanol–water partition coefficient (Wildman–Crippen LogP) is 23.7. The highest BCUT2D eigenvalue weighted by molar-refractivity contribution is 7.47. The van der Waals surface area contributed by atoms with E-state index >= 15 is 0 Å². The number of carbonyl (C=O) groups is 4. The standard InChI is InChI=1S/C85H144O17P2/c1-5-9-13-17-21-25-29-33-36-38-39-41-43-47-50-54-58-62-66-70-83(88)96-76-81(102-85(90)72-68-64-60-56-52-48-44-40-37-34-30-26-22-18-14-10-6-2)78-100-104(93,94)98-74-79(86)73-97-103(91,92)99-77-80(101-84(89)71-67-63-59-55-51-45-32-28-24-20-16-12-8-4)75-95-82(87)69-65-61-57-53-49-46-42-35-31-27-23-19-15-11-7-3/h10-11,14-15,21-23,25-27,33-37,39,41-42,49,53,61,65,79-81,86H,5-9,12-13,16-20,24,28-32,38,40,43-48,50-52,54-60,62-64,66-78H2,1-4H3,(H,91,92)(H,93,94)/b14-10-,15-11-,25-21-,26-22-,27-23-,36-33-,37-34-,41-39-,42-35-,53-49-,65-61-. The molecule has 17 nitrogen and oxygen atoms in total. The van der Waals surface area contributed by atoms with Gasteiger partial charge in [0.1, 0.15) is 19.3 Å². The van der Waals surface area contributed by atoms with Gasteiger partial charge in [0.25, 0.3) is 0 Å². The van der Waals surface area contributed by atoms with Gasteiger partial charge in [0.05, 0.1) is 32.8 Å². The number of aliphatic hydroxyl groups is 1. The number of ether oxygens (including phenoxy) is 4. The summed E-state index contributed by atoms with van der Waals surface area (Å²) in [5.74, 6) is -2.34. The highest BCUT2D eigenvalue weighted by atomic mass is 31.2. The second-order valence-corrected chi connectivity index (χ2v) is 29.5. The van der Waals surface area contributed by atoms with E-state index < -0.39 is 97.5 Å². The van der Waals surface area contributed by atoms with Crippen molar-refractivity contribution in [1.29, 1.82) is 0 Å². The Morgan fingerprint density at radius 2 is 0.538 bits per heavy atom. The minimum absolute atomic E-state index is 0.0711. The van der Waals surface area contributed by atoms with Gasteiger partial charge in [-0.25, -0.2) is 9.13 Å². The van der Waals surface area contributed by atoms with E-state index in [4.69, 9.17) is 37.0 Å². The maximum Gasteiger partial charge on any atom is 0.472 e. The van der Waals surface area contributed by atoms with Gasteiger partial charge in [-0.15, -0.1) is 0 Å². The normalized spacial score (nSPS) is 14.6. The monoisotopic (exact) mass is 1500 g/mol. The van der Waals surface area contributed by atoms with Crippen molar-refractivity contribution in [3.63, 3.8) is 0 Å². The van der Waals surface area contributed by atoms with E-state index in [0.717, 1.165) is 173 Å². The van der Waals surface area contributed by atoms with Crippen molar-refractivity contribution in [2.24, 2.45) is 0 Å². The van der Waals surface area contributed by atoms with Gasteiger partial charge in [-0.1, -0.05) is 309 Å². The lowest BCUT2D eigenvalue weighted by molar-refractivity contribution is -0.161. The minimum atomic E-state index is -5.00. The van der Waals surface area contributed by atoms with Crippen molar-refractivity contribution in [1.82, 2.24) is 0 Å². The second-order valence-electron chi connectivity index (χ2n) is 26.6. The average Bonchev–Trinajstić information content (AvgIpc) is 0.916. The topological polar surface area (TPSA) is 237 Å². The van der Waals surface area contributed by atoms with Crippen LogP contribution in [0.1, 0.15) is 323 Å². The summed E-state index contributed by atoms with van der Waals surface area (Å²) < 4.78 is 68.5. The Hall–Kier alpha value is -4.80. The highest BCUT2D eigenvalue weighted by Gasteiger charge is 2.30. The number of allylic oxidation sites excluding steroid dienone is 21. The van der Waals surface area contributed by atoms with Crippen molar-refractivity contribution < 1.29 is 80.2 Å². The lowest BCUT2D eigenvalue weighted by atomic mass is 10.0. The molecule has 0 fully saturated rings. The molecule has 5 unspecified atom stereocenters. The van der Waals surface area contributed by atoms with Crippen LogP contribution in [0.2, 0.25) is 0 Å². The van der Waals surface area contributed by atoms with E-state index in [-0.39, 0.29) is 25.7 Å². The molecule has 0 aromatic rings. The molecule has 0 aliphatic heterocycles. The van der Waals surface area contributed by atoms with Crippen molar-refractivity contribution in [2.45, 2.75) is 341 Å². The van der Waals surface area contributed by atoms with Crippen molar-refractivity contribution in [2.75, 3.05) is 39.6 Å². The molecular weight excluding hydrogens is 1350 g/mol. The molecule has 0 aliphatic rings. The van der Waals surface area contributed by atoms with Gasteiger partial charge < -0.3 is 33.8 Å². The third kappa shape index (κ3) is 75.4. The van der Waals surface area contributed by atoms with Crippen LogP contribution in [0, 0.1) is 0 Å². The van der Waals surface area contributed by atoms with E-state index in [0.29, 0.717) is 25.7 Å². The summed E-state index contributed by atoms with van der Waals surface area (Å²) in [5, 5.41) is 10.6. The summed E-state index contributed by atoms with van der Waals surface area (Å²) in [5.41, 5.74) is 0. The molecule has 0 radical (unpaired) electrons. The maximum absolute atomic E-state index is 13.1. The number of aliphatic hydroxyl groups excluding tert-OH is 1. The van der Waals surface area contributed by atoms with E-state index in [1.807, 2.05) is 18.2 Å². The van der Waals surface area contributed by atoms with Crippen LogP contribution in [-0.2, 0) is 65.4 Å². The van der Waals surface area contributed by atoms with E-state index in [2.05, 4.69) is 137 Å². The van der Waals surface area contributed by atoms with Crippen LogP contribution >= 0.6 is 15.6 Å². The zero-order valence-electron chi connectivity index (χ0n) is 65.2. The first-order valence-corrected chi connectivity index (χ1v) is 43.4. The van der Waals surface area contributed by atoms with Crippen LogP contribution in [0.25, 0.3) is 0 Å². The van der Waals surface area contributed by atoms with Crippen LogP contribution in [0.4, 0.5) is 0 Å². The molecule has 104 heavy (non-hydrogen) atoms. The van der Waals surface area contributed by atoms with Crippen molar-refractivity contribution in [3.8, 4) is 0 Å². The molecule has 0 rings (SSSR count). The summed E-state index contributed by atoms with van der Waals surface area (Å²) in [6.45, 7) is 4.51. The molecule has 0 amide bonds. The van der Waals surface area contributed by atoms with Crippen molar-refractivity contribution in [3.05, 3.63) is 134 Å². The Morgan fingerprint density at radius 1 is 0.288 bits per heavy atom. The fourth-order valence-corrected chi connectivity index (χ4v) is 12.1. The number of hydrogen-bond donors (Lipinski definition) is 3. The number of rotatable bonds is 75. The molecule has 0 aromatic carbocycles. The first-order chi connectivity index (χ1) is 50.7. The van der Waals surface area contributed by atoms with Gasteiger partial charge in [0.15, 0.2) is 12.2 Å². The van der Waals surface area contributed by atoms with Gasteiger partial charge in [-0.2, -0.15) is 0 Å². The Bertz CT molecular complexity index is 2490. The molecule has 0 heterocycles. The average molecular weight is 1500 g/mol. The van der Waals surface area contributed by atoms with Gasteiger partial charge in [0, 0.05) is 19.3 Å². The molecule has 0 aliphatic carbocycles. The molecule has 596 valence electrons. The van der Waals surface area contributed by atoms with Crippen LogP contribution in [0.5, 0.6) is 0 Å². The molecule has 0 spiro atoms. The second kappa shape index (κ2) is 76.4. The summed E-state index contributed by atoms with van der Waals surface area (Å²) >= 11 is 0. The molecular formula is C85H144O17P2. The third-order valence-corrected chi connectivity index (χ3v) is 18.5. The summed E-state index contributed by atoms with van der Waals surface area (Å²) in [7, 11) is -9.99. The van der Waals surface area contributed by atoms with Gasteiger partial charge in [-0.05, 0) is 122 Å². The quantitative estimate of drug-likeness (QED) is 0.0169. The molecule has 19 heteroatoms. The summed E-state index contributed by atoms with van der Waals surface area (Å²) in [6, 6.07) is 0. The van der Waals surface area contributed by atoms with Gasteiger partial charge in [0.2, 0.25) is 0 Å². The molecule has 3 N–H and O–H groups in total. The minimum Gasteiger partial charge on any atom is -0.462 e. The Kier molecular flexibility index (Phi) is 72.9. The zero-order valence-corrected chi connectivity index (χ0v) is 66.9. The van der Waals surface area contributed by atoms with Crippen LogP contribution < -0.4 is 0 Å². The lowest BCUT2D eigenvalue weighted by Crippen LogP contribution is -2.30. The highest BCUT2D eigenvalue weighted by Crippen LogP contribution is 2.45. The first-order valence-electron chi connectivity index (χ1n) is 40.4. The van der Waals surface area contributed by atoms with Crippen LogP contribution in [0.15, 0.2) is 134 Å². The van der Waals surface area contributed by atoms with Crippen LogP contribution in [0.3, 0.4) is 0 Å². The number of phosphoric ester groups is 2. The molecule has 0 saturated heterocycles. The van der Waals surface area contributed by atoms with Crippen LogP contribution in [-0.4, -0.2) is 96.7 Å². The third-order valence-electron chi connectivity index (χ3n) is 16.6. The lowest BCUT2D eigenvalue weighted by Gasteiger charge is -2.21. The smallest absolute Gasteiger partial charge is 0.462 e. The maximum atomic E-state index is 13.1. The predicted molar refractivity (Wildman–Crippen MR) is 427 cm³/mol. The van der Waals surface area contributed by atoms with E-state index in [1.54, 1.807) is 6.08 Å².